The number of rotatable bonds is 5. The molecule has 0 aliphatic heterocycles. The topological polar surface area (TPSA) is 97.1 Å². The Morgan fingerprint density at radius 1 is 1.31 bits per heavy atom. The molecule has 1 saturated carbocycles. The Bertz CT molecular complexity index is 802. The third kappa shape index (κ3) is 3.61. The number of carboxylic acids is 1. The SMILES string of the molecule is Cc1c(CC(=O)NC2(C)CCCCC2C(=O)O)nnn1-c1ccccc1. The zero-order valence-electron chi connectivity index (χ0n) is 15.1. The third-order valence-electron chi connectivity index (χ3n) is 5.25. The summed E-state index contributed by atoms with van der Waals surface area (Å²) in [7, 11) is 0. The van der Waals surface area contributed by atoms with E-state index in [1.54, 1.807) is 4.68 Å². The van der Waals surface area contributed by atoms with Gasteiger partial charge in [0.25, 0.3) is 0 Å². The van der Waals surface area contributed by atoms with Crippen LogP contribution in [0, 0.1) is 12.8 Å². The Balaban J connectivity index is 1.72. The van der Waals surface area contributed by atoms with Crippen LogP contribution in [0.15, 0.2) is 30.3 Å². The molecule has 1 fully saturated rings. The molecule has 1 amide bonds. The van der Waals surface area contributed by atoms with Gasteiger partial charge in [0, 0.05) is 0 Å². The van der Waals surface area contributed by atoms with Crippen molar-refractivity contribution < 1.29 is 14.7 Å². The summed E-state index contributed by atoms with van der Waals surface area (Å²) < 4.78 is 1.70. The molecule has 2 unspecified atom stereocenters. The summed E-state index contributed by atoms with van der Waals surface area (Å²) in [5.41, 5.74) is 1.56. The zero-order valence-corrected chi connectivity index (χ0v) is 15.1. The lowest BCUT2D eigenvalue weighted by molar-refractivity contribution is -0.146. The Morgan fingerprint density at radius 3 is 2.73 bits per heavy atom. The number of amides is 1. The predicted molar refractivity (Wildman–Crippen MR) is 95.9 cm³/mol. The van der Waals surface area contributed by atoms with Gasteiger partial charge in [-0.15, -0.1) is 5.10 Å². The number of nitrogens with one attached hydrogen (secondary N) is 1. The first-order chi connectivity index (χ1) is 12.4. The lowest BCUT2D eigenvalue weighted by atomic mass is 9.74. The summed E-state index contributed by atoms with van der Waals surface area (Å²) in [5.74, 6) is -1.62. The van der Waals surface area contributed by atoms with Gasteiger partial charge in [-0.25, -0.2) is 4.68 Å². The smallest absolute Gasteiger partial charge is 0.308 e. The van der Waals surface area contributed by atoms with Crippen LogP contribution in [0.25, 0.3) is 5.69 Å². The maximum atomic E-state index is 12.6. The molecule has 0 radical (unpaired) electrons. The lowest BCUT2D eigenvalue weighted by Gasteiger charge is -2.39. The Kier molecular flexibility index (Phi) is 5.06. The van der Waals surface area contributed by atoms with Gasteiger partial charge in [-0.05, 0) is 38.8 Å². The standard InChI is InChI=1S/C19H24N4O3/c1-13-16(21-22-23(13)14-8-4-3-5-9-14)12-17(24)20-19(2)11-7-6-10-15(19)18(25)26/h3-5,8-9,15H,6-7,10-12H2,1-2H3,(H,20,24)(H,25,26). The summed E-state index contributed by atoms with van der Waals surface area (Å²) in [6.07, 6.45) is 3.15. The molecule has 0 spiro atoms. The summed E-state index contributed by atoms with van der Waals surface area (Å²) in [5, 5.41) is 20.7. The number of aliphatic carboxylic acids is 1. The van der Waals surface area contributed by atoms with Crippen molar-refractivity contribution in [3.05, 3.63) is 41.7 Å². The number of para-hydroxylation sites is 1. The summed E-state index contributed by atoms with van der Waals surface area (Å²) >= 11 is 0. The van der Waals surface area contributed by atoms with Gasteiger partial charge < -0.3 is 10.4 Å². The Morgan fingerprint density at radius 2 is 2.04 bits per heavy atom. The Hall–Kier alpha value is -2.70. The molecular formula is C19H24N4O3. The molecule has 2 atom stereocenters. The maximum Gasteiger partial charge on any atom is 0.308 e. The van der Waals surface area contributed by atoms with E-state index in [0.29, 0.717) is 18.5 Å². The molecular weight excluding hydrogens is 332 g/mol. The van der Waals surface area contributed by atoms with Crippen molar-refractivity contribution in [2.45, 2.75) is 51.5 Å². The molecule has 1 aliphatic carbocycles. The fraction of sp³-hybridized carbons (Fsp3) is 0.474. The highest BCUT2D eigenvalue weighted by atomic mass is 16.4. The van der Waals surface area contributed by atoms with E-state index in [1.165, 1.54) is 0 Å². The molecule has 1 heterocycles. The monoisotopic (exact) mass is 356 g/mol. The first-order valence-electron chi connectivity index (χ1n) is 8.91. The molecule has 1 aromatic heterocycles. The number of carbonyl (C=O) groups excluding carboxylic acids is 1. The molecule has 3 rings (SSSR count). The molecule has 7 heteroatoms. The van der Waals surface area contributed by atoms with Crippen molar-refractivity contribution in [3.8, 4) is 5.69 Å². The van der Waals surface area contributed by atoms with E-state index in [-0.39, 0.29) is 12.3 Å². The van der Waals surface area contributed by atoms with E-state index in [2.05, 4.69) is 15.6 Å². The minimum absolute atomic E-state index is 0.0839. The second-order valence-corrected chi connectivity index (χ2v) is 7.15. The number of carboxylic acid groups (broad SMARTS) is 1. The van der Waals surface area contributed by atoms with Crippen LogP contribution in [0.2, 0.25) is 0 Å². The van der Waals surface area contributed by atoms with Crippen LogP contribution in [0.1, 0.15) is 44.0 Å². The third-order valence-corrected chi connectivity index (χ3v) is 5.25. The van der Waals surface area contributed by atoms with E-state index in [0.717, 1.165) is 24.2 Å². The van der Waals surface area contributed by atoms with Crippen molar-refractivity contribution in [2.75, 3.05) is 0 Å². The summed E-state index contributed by atoms with van der Waals surface area (Å²) in [6.45, 7) is 3.70. The number of hydrogen-bond acceptors (Lipinski definition) is 4. The highest BCUT2D eigenvalue weighted by molar-refractivity contribution is 5.81. The maximum absolute atomic E-state index is 12.6. The molecule has 2 N–H and O–H groups in total. The van der Waals surface area contributed by atoms with E-state index in [4.69, 9.17) is 0 Å². The molecule has 1 aromatic carbocycles. The molecule has 26 heavy (non-hydrogen) atoms. The Labute approximate surface area is 152 Å². The highest BCUT2D eigenvalue weighted by Gasteiger charge is 2.42. The fourth-order valence-corrected chi connectivity index (χ4v) is 3.73. The normalized spacial score (nSPS) is 22.8. The summed E-state index contributed by atoms with van der Waals surface area (Å²) in [4.78, 5) is 24.1. The quantitative estimate of drug-likeness (QED) is 0.856. The largest absolute Gasteiger partial charge is 0.481 e. The van der Waals surface area contributed by atoms with E-state index in [9.17, 15) is 14.7 Å². The number of aromatic nitrogens is 3. The molecule has 138 valence electrons. The van der Waals surface area contributed by atoms with E-state index < -0.39 is 17.4 Å². The average molecular weight is 356 g/mol. The van der Waals surface area contributed by atoms with Gasteiger partial charge in [0.2, 0.25) is 5.91 Å². The van der Waals surface area contributed by atoms with E-state index >= 15 is 0 Å². The van der Waals surface area contributed by atoms with Crippen LogP contribution < -0.4 is 5.32 Å². The van der Waals surface area contributed by atoms with Crippen molar-refractivity contribution in [1.82, 2.24) is 20.3 Å². The van der Waals surface area contributed by atoms with Crippen LogP contribution in [-0.4, -0.2) is 37.5 Å². The van der Waals surface area contributed by atoms with Crippen LogP contribution in [-0.2, 0) is 16.0 Å². The van der Waals surface area contributed by atoms with Gasteiger partial charge in [-0.2, -0.15) is 0 Å². The fourth-order valence-electron chi connectivity index (χ4n) is 3.73. The number of benzene rings is 1. The molecule has 0 bridgehead atoms. The molecule has 0 saturated heterocycles. The van der Waals surface area contributed by atoms with Crippen molar-refractivity contribution in [2.24, 2.45) is 5.92 Å². The van der Waals surface area contributed by atoms with Crippen LogP contribution >= 0.6 is 0 Å². The minimum atomic E-state index is -0.848. The van der Waals surface area contributed by atoms with Gasteiger partial charge >= 0.3 is 5.97 Å². The van der Waals surface area contributed by atoms with Gasteiger partial charge in [0.15, 0.2) is 0 Å². The second-order valence-electron chi connectivity index (χ2n) is 7.15. The second kappa shape index (κ2) is 7.27. The van der Waals surface area contributed by atoms with E-state index in [1.807, 2.05) is 44.2 Å². The minimum Gasteiger partial charge on any atom is -0.481 e. The predicted octanol–water partition coefficient (Wildman–Crippen LogP) is 2.27. The first-order valence-corrected chi connectivity index (χ1v) is 8.91. The van der Waals surface area contributed by atoms with Crippen molar-refractivity contribution in [1.29, 1.82) is 0 Å². The first kappa shape index (κ1) is 18.1. The van der Waals surface area contributed by atoms with Gasteiger partial charge in [-0.3, -0.25) is 9.59 Å². The molecule has 2 aromatic rings. The summed E-state index contributed by atoms with van der Waals surface area (Å²) in [6, 6.07) is 9.60. The number of carbonyl (C=O) groups is 2. The van der Waals surface area contributed by atoms with Gasteiger partial charge in [0.1, 0.15) is 0 Å². The molecule has 7 nitrogen and oxygen atoms in total. The van der Waals surface area contributed by atoms with Crippen LogP contribution in [0.5, 0.6) is 0 Å². The van der Waals surface area contributed by atoms with Crippen LogP contribution in [0.3, 0.4) is 0 Å². The highest BCUT2D eigenvalue weighted by Crippen LogP contribution is 2.34. The van der Waals surface area contributed by atoms with Gasteiger partial charge in [-0.1, -0.05) is 36.3 Å². The number of nitrogens with zero attached hydrogens (tertiary/aromatic N) is 3. The van der Waals surface area contributed by atoms with Crippen molar-refractivity contribution in [3.63, 3.8) is 0 Å². The lowest BCUT2D eigenvalue weighted by Crippen LogP contribution is -2.55. The number of hydrogen-bond donors (Lipinski definition) is 2. The van der Waals surface area contributed by atoms with Crippen LogP contribution in [0.4, 0.5) is 0 Å². The van der Waals surface area contributed by atoms with Crippen molar-refractivity contribution >= 4 is 11.9 Å². The average Bonchev–Trinajstić information content (AvgIpc) is 2.96. The molecule has 1 aliphatic rings. The van der Waals surface area contributed by atoms with Gasteiger partial charge in [0.05, 0.1) is 35.0 Å². The zero-order chi connectivity index (χ0) is 18.7.